The Balaban J connectivity index is 2.26. The van der Waals surface area contributed by atoms with Gasteiger partial charge in [0.15, 0.2) is 0 Å². The van der Waals surface area contributed by atoms with E-state index in [0.29, 0.717) is 12.2 Å². The van der Waals surface area contributed by atoms with Crippen molar-refractivity contribution in [1.29, 1.82) is 0 Å². The highest BCUT2D eigenvalue weighted by Gasteiger charge is 2.19. The molecule has 0 aliphatic carbocycles. The monoisotopic (exact) mass is 340 g/mol. The third kappa shape index (κ3) is 7.38. The van der Waals surface area contributed by atoms with E-state index < -0.39 is 11.0 Å². The van der Waals surface area contributed by atoms with Crippen molar-refractivity contribution >= 4 is 11.8 Å². The van der Waals surface area contributed by atoms with Crippen LogP contribution >= 0.6 is 0 Å². The van der Waals surface area contributed by atoms with E-state index in [2.05, 4.69) is 5.48 Å². The minimum absolute atomic E-state index is 0.00753. The van der Waals surface area contributed by atoms with E-state index in [0.717, 1.165) is 25.7 Å². The zero-order valence-corrected chi connectivity index (χ0v) is 13.8. The molecule has 8 heteroatoms. The second-order valence-corrected chi connectivity index (χ2v) is 5.40. The summed E-state index contributed by atoms with van der Waals surface area (Å²) in [5, 5.41) is 19.6. The molecule has 1 rings (SSSR count). The first-order chi connectivity index (χ1) is 11.6. The van der Waals surface area contributed by atoms with Crippen LogP contribution in [0.5, 0.6) is 0 Å². The molecule has 0 aliphatic rings. The molecule has 0 aliphatic heterocycles. The van der Waals surface area contributed by atoms with Gasteiger partial charge in [-0.2, -0.15) is 5.48 Å². The molecule has 1 aromatic carbocycles. The lowest BCUT2D eigenvalue weighted by molar-refractivity contribution is -0.385. The lowest BCUT2D eigenvalue weighted by Crippen LogP contribution is -2.26. The highest BCUT2D eigenvalue weighted by atomic mass is 16.7. The number of hydroxylamine groups is 1. The number of aliphatic hydroxyl groups excluding tert-OH is 1. The summed E-state index contributed by atoms with van der Waals surface area (Å²) >= 11 is 0. The molecule has 0 spiro atoms. The van der Waals surface area contributed by atoms with Crippen LogP contribution in [0.25, 0.3) is 0 Å². The molecule has 8 nitrogen and oxygen atoms in total. The second kappa shape index (κ2) is 11.4. The van der Waals surface area contributed by atoms with Crippen molar-refractivity contribution in [3.05, 3.63) is 39.9 Å². The first-order valence-corrected chi connectivity index (χ1v) is 7.95. The summed E-state index contributed by atoms with van der Waals surface area (Å²) in [6, 6.07) is 6.37. The highest BCUT2D eigenvalue weighted by Crippen LogP contribution is 2.26. The molecule has 134 valence electrons. The van der Waals surface area contributed by atoms with E-state index in [1.165, 1.54) is 6.07 Å². The van der Waals surface area contributed by atoms with Crippen molar-refractivity contribution in [3.8, 4) is 0 Å². The molecule has 0 heterocycles. The smallest absolute Gasteiger partial charge is 0.431 e. The maximum atomic E-state index is 11.5. The van der Waals surface area contributed by atoms with Crippen molar-refractivity contribution in [2.24, 2.45) is 0 Å². The number of ether oxygens (including phenoxy) is 1. The molecular formula is C16H24N2O6. The zero-order chi connectivity index (χ0) is 17.8. The number of nitrogens with zero attached hydrogens (tertiary/aromatic N) is 1. The summed E-state index contributed by atoms with van der Waals surface area (Å²) in [5.41, 5.74) is 2.69. The number of hydrogen-bond donors (Lipinski definition) is 2. The summed E-state index contributed by atoms with van der Waals surface area (Å²) in [5.74, 6) is -0.309. The fourth-order valence-electron chi connectivity index (χ4n) is 2.14. The number of carbonyl (C=O) groups excluding carboxylic acids is 1. The molecule has 2 N–H and O–H groups in total. The van der Waals surface area contributed by atoms with Crippen LogP contribution in [0.3, 0.4) is 0 Å². The standard InChI is InChI=1S/C16H24N2O6/c1-13(14-8-4-5-9-15(14)18(21)22)12-23-16(20)17-24-11-7-3-2-6-10-19/h4-5,8-9,13,19H,2-3,6-7,10-12H2,1H3,(H,17,20). The summed E-state index contributed by atoms with van der Waals surface area (Å²) < 4.78 is 5.01. The SMILES string of the molecule is CC(COC(=O)NOCCCCCCO)c1ccccc1[N+](=O)[O-]. The quantitative estimate of drug-likeness (QED) is 0.364. The molecule has 0 aromatic heterocycles. The van der Waals surface area contributed by atoms with E-state index in [1.54, 1.807) is 25.1 Å². The number of rotatable bonds is 11. The number of unbranched alkanes of at least 4 members (excludes halogenated alkanes) is 3. The van der Waals surface area contributed by atoms with Crippen LogP contribution < -0.4 is 5.48 Å². The molecular weight excluding hydrogens is 316 g/mol. The van der Waals surface area contributed by atoms with Gasteiger partial charge in [-0.05, 0) is 12.8 Å². The minimum Gasteiger partial charge on any atom is -0.447 e. The second-order valence-electron chi connectivity index (χ2n) is 5.40. The topological polar surface area (TPSA) is 111 Å². The van der Waals surface area contributed by atoms with Crippen LogP contribution in [-0.4, -0.2) is 35.9 Å². The maximum Gasteiger partial charge on any atom is 0.431 e. The first kappa shape index (κ1) is 19.9. The molecule has 1 unspecified atom stereocenters. The molecule has 0 fully saturated rings. The van der Waals surface area contributed by atoms with Gasteiger partial charge in [0.1, 0.15) is 6.61 Å². The van der Waals surface area contributed by atoms with Gasteiger partial charge in [-0.1, -0.05) is 38.0 Å². The average Bonchev–Trinajstić information content (AvgIpc) is 2.58. The Labute approximate surface area is 140 Å². The summed E-state index contributed by atoms with van der Waals surface area (Å²) in [4.78, 5) is 27.0. The van der Waals surface area contributed by atoms with Gasteiger partial charge >= 0.3 is 6.09 Å². The van der Waals surface area contributed by atoms with Crippen LogP contribution in [0, 0.1) is 10.1 Å². The molecule has 0 saturated carbocycles. The van der Waals surface area contributed by atoms with Crippen LogP contribution in [-0.2, 0) is 9.57 Å². The number of hydrogen-bond acceptors (Lipinski definition) is 6. The number of amides is 1. The molecule has 1 atom stereocenters. The number of nitro groups is 1. The fourth-order valence-corrected chi connectivity index (χ4v) is 2.14. The van der Waals surface area contributed by atoms with E-state index in [9.17, 15) is 14.9 Å². The third-order valence-electron chi connectivity index (χ3n) is 3.44. The number of carbonyl (C=O) groups is 1. The number of benzene rings is 1. The van der Waals surface area contributed by atoms with Gasteiger partial charge < -0.3 is 9.84 Å². The largest absolute Gasteiger partial charge is 0.447 e. The molecule has 0 radical (unpaired) electrons. The van der Waals surface area contributed by atoms with Crippen LogP contribution in [0.4, 0.5) is 10.5 Å². The van der Waals surface area contributed by atoms with Crippen molar-refractivity contribution in [3.63, 3.8) is 0 Å². The van der Waals surface area contributed by atoms with Gasteiger partial charge in [0.25, 0.3) is 5.69 Å². The molecule has 0 bridgehead atoms. The molecule has 1 aromatic rings. The van der Waals surface area contributed by atoms with Gasteiger partial charge in [-0.3, -0.25) is 15.0 Å². The van der Waals surface area contributed by atoms with Crippen molar-refractivity contribution < 1.29 is 24.4 Å². The predicted molar refractivity (Wildman–Crippen MR) is 87.5 cm³/mol. The van der Waals surface area contributed by atoms with Gasteiger partial charge in [0.05, 0.1) is 11.5 Å². The van der Waals surface area contributed by atoms with Crippen LogP contribution in [0.1, 0.15) is 44.1 Å². The zero-order valence-electron chi connectivity index (χ0n) is 13.8. The van der Waals surface area contributed by atoms with Gasteiger partial charge in [-0.15, -0.1) is 0 Å². The number of para-hydroxylation sites is 1. The lowest BCUT2D eigenvalue weighted by atomic mass is 10.0. The Hall–Kier alpha value is -2.19. The Kier molecular flexibility index (Phi) is 9.40. The van der Waals surface area contributed by atoms with Crippen molar-refractivity contribution in [2.45, 2.75) is 38.5 Å². The van der Waals surface area contributed by atoms with Gasteiger partial charge in [0, 0.05) is 24.2 Å². The summed E-state index contributed by atoms with van der Waals surface area (Å²) in [6.45, 7) is 2.30. The maximum absolute atomic E-state index is 11.5. The van der Waals surface area contributed by atoms with Gasteiger partial charge in [-0.25, -0.2) is 4.79 Å². The molecule has 1 amide bonds. The van der Waals surface area contributed by atoms with E-state index >= 15 is 0 Å². The minimum atomic E-state index is -0.726. The normalized spacial score (nSPS) is 11.8. The van der Waals surface area contributed by atoms with Crippen LogP contribution in [0.15, 0.2) is 24.3 Å². The predicted octanol–water partition coefficient (Wildman–Crippen LogP) is 2.91. The lowest BCUT2D eigenvalue weighted by Gasteiger charge is -2.13. The summed E-state index contributed by atoms with van der Waals surface area (Å²) in [6.07, 6.45) is 2.63. The van der Waals surface area contributed by atoms with Crippen molar-refractivity contribution in [2.75, 3.05) is 19.8 Å². The Morgan fingerprint density at radius 3 is 2.71 bits per heavy atom. The first-order valence-electron chi connectivity index (χ1n) is 7.95. The van der Waals surface area contributed by atoms with E-state index in [1.807, 2.05) is 0 Å². The van der Waals surface area contributed by atoms with Crippen LogP contribution in [0.2, 0.25) is 0 Å². The number of nitrogens with one attached hydrogen (secondary N) is 1. The Morgan fingerprint density at radius 2 is 2.00 bits per heavy atom. The molecule has 0 saturated heterocycles. The highest BCUT2D eigenvalue weighted by molar-refractivity contribution is 5.65. The Bertz CT molecular complexity index is 523. The average molecular weight is 340 g/mol. The van der Waals surface area contributed by atoms with Gasteiger partial charge in [0.2, 0.25) is 0 Å². The molecule has 24 heavy (non-hydrogen) atoms. The summed E-state index contributed by atoms with van der Waals surface area (Å²) in [7, 11) is 0. The number of aliphatic hydroxyl groups is 1. The Morgan fingerprint density at radius 1 is 1.29 bits per heavy atom. The number of nitro benzene ring substituents is 1. The fraction of sp³-hybridized carbons (Fsp3) is 0.562. The third-order valence-corrected chi connectivity index (χ3v) is 3.44. The van der Waals surface area contributed by atoms with E-state index in [4.69, 9.17) is 14.7 Å². The van der Waals surface area contributed by atoms with E-state index in [-0.39, 0.29) is 24.8 Å². The van der Waals surface area contributed by atoms with Crippen molar-refractivity contribution in [1.82, 2.24) is 5.48 Å².